The topological polar surface area (TPSA) is 122 Å². The fraction of sp³-hybridized carbons (Fsp3) is 0.182. The van der Waals surface area contributed by atoms with E-state index >= 15 is 0 Å². The summed E-state index contributed by atoms with van der Waals surface area (Å²) in [6.07, 6.45) is -0.515. The molecule has 8 nitrogen and oxygen atoms in total. The van der Waals surface area contributed by atoms with E-state index in [0.29, 0.717) is 0 Å². The number of ether oxygens (including phenoxy) is 1. The zero-order chi connectivity index (χ0) is 15.3. The van der Waals surface area contributed by atoms with Gasteiger partial charge in [0.05, 0.1) is 23.8 Å². The molecule has 0 saturated heterocycles. The summed E-state index contributed by atoms with van der Waals surface area (Å²) in [4.78, 5) is 32.3. The first-order chi connectivity index (χ1) is 9.42. The summed E-state index contributed by atoms with van der Waals surface area (Å²) in [5.41, 5.74) is -2.00. The highest BCUT2D eigenvalue weighted by molar-refractivity contribution is 6.02. The van der Waals surface area contributed by atoms with Crippen LogP contribution in [0.15, 0.2) is 12.1 Å². The fourth-order valence-electron chi connectivity index (χ4n) is 1.38. The van der Waals surface area contributed by atoms with Crippen LogP contribution in [0.2, 0.25) is 0 Å². The molecule has 0 aliphatic carbocycles. The SMILES string of the molecule is COC(=O)c1c(NC(=O)CC#N)ccc([N+](=O)[O-])c1F. The van der Waals surface area contributed by atoms with Crippen molar-refractivity contribution in [1.29, 1.82) is 5.26 Å². The van der Waals surface area contributed by atoms with Crippen molar-refractivity contribution in [3.05, 3.63) is 33.6 Å². The predicted molar refractivity (Wildman–Crippen MR) is 63.3 cm³/mol. The summed E-state index contributed by atoms with van der Waals surface area (Å²) in [5, 5.41) is 21.1. The van der Waals surface area contributed by atoms with Crippen LogP contribution in [0.3, 0.4) is 0 Å². The standard InChI is InChI=1S/C11H8FN3O5/c1-20-11(17)9-6(14-8(16)4-5-13)2-3-7(10(9)12)15(18)19/h2-3H,4H2,1H3,(H,14,16). The fourth-order valence-corrected chi connectivity index (χ4v) is 1.38. The Kier molecular flexibility index (Phi) is 4.69. The molecule has 1 amide bonds. The lowest BCUT2D eigenvalue weighted by molar-refractivity contribution is -0.387. The molecule has 0 atom stereocenters. The number of carbonyl (C=O) groups excluding carboxylic acids is 2. The number of carbonyl (C=O) groups is 2. The second-order valence-corrected chi connectivity index (χ2v) is 3.45. The van der Waals surface area contributed by atoms with Gasteiger partial charge in [0.1, 0.15) is 12.0 Å². The quantitative estimate of drug-likeness (QED) is 0.505. The average Bonchev–Trinajstić information content (AvgIpc) is 2.38. The summed E-state index contributed by atoms with van der Waals surface area (Å²) in [5.74, 6) is -3.39. The number of nitrogens with one attached hydrogen (secondary N) is 1. The molecule has 104 valence electrons. The van der Waals surface area contributed by atoms with Crippen LogP contribution in [-0.2, 0) is 9.53 Å². The number of benzene rings is 1. The highest BCUT2D eigenvalue weighted by Gasteiger charge is 2.27. The largest absolute Gasteiger partial charge is 0.465 e. The second kappa shape index (κ2) is 6.24. The molecule has 0 spiro atoms. The first-order valence-corrected chi connectivity index (χ1v) is 5.14. The van der Waals surface area contributed by atoms with Gasteiger partial charge in [-0.05, 0) is 6.07 Å². The zero-order valence-electron chi connectivity index (χ0n) is 10.2. The summed E-state index contributed by atoms with van der Waals surface area (Å²) >= 11 is 0. The van der Waals surface area contributed by atoms with Crippen molar-refractivity contribution >= 4 is 23.3 Å². The van der Waals surface area contributed by atoms with E-state index in [0.717, 1.165) is 19.2 Å². The number of hydrogen-bond acceptors (Lipinski definition) is 6. The minimum Gasteiger partial charge on any atom is -0.465 e. The number of hydrogen-bond donors (Lipinski definition) is 1. The van der Waals surface area contributed by atoms with E-state index in [4.69, 9.17) is 5.26 Å². The molecule has 1 rings (SSSR count). The Bertz CT molecular complexity index is 623. The maximum absolute atomic E-state index is 13.9. The monoisotopic (exact) mass is 281 g/mol. The summed E-state index contributed by atoms with van der Waals surface area (Å²) < 4.78 is 18.2. The van der Waals surface area contributed by atoms with E-state index in [9.17, 15) is 24.1 Å². The smallest absolute Gasteiger partial charge is 0.343 e. The van der Waals surface area contributed by atoms with Gasteiger partial charge < -0.3 is 10.1 Å². The molecule has 0 saturated carbocycles. The third-order valence-corrected chi connectivity index (χ3v) is 2.22. The van der Waals surface area contributed by atoms with Gasteiger partial charge in [-0.1, -0.05) is 0 Å². The second-order valence-electron chi connectivity index (χ2n) is 3.45. The molecule has 0 aromatic heterocycles. The first kappa shape index (κ1) is 15.0. The van der Waals surface area contributed by atoms with Gasteiger partial charge in [0.15, 0.2) is 0 Å². The van der Waals surface area contributed by atoms with Gasteiger partial charge in [-0.25, -0.2) is 4.79 Å². The molecule has 0 radical (unpaired) electrons. The maximum Gasteiger partial charge on any atom is 0.343 e. The van der Waals surface area contributed by atoms with E-state index < -0.39 is 40.3 Å². The Morgan fingerprint density at radius 2 is 2.20 bits per heavy atom. The summed E-state index contributed by atoms with van der Waals surface area (Å²) in [6, 6.07) is 3.35. The van der Waals surface area contributed by atoms with Crippen LogP contribution in [0, 0.1) is 27.3 Å². The normalized spacial score (nSPS) is 9.45. The van der Waals surface area contributed by atoms with Crippen LogP contribution in [0.4, 0.5) is 15.8 Å². The lowest BCUT2D eigenvalue weighted by Crippen LogP contribution is -2.16. The van der Waals surface area contributed by atoms with Gasteiger partial charge in [0.25, 0.3) is 0 Å². The van der Waals surface area contributed by atoms with Gasteiger partial charge in [-0.2, -0.15) is 9.65 Å². The van der Waals surface area contributed by atoms with Crippen LogP contribution in [-0.4, -0.2) is 23.9 Å². The van der Waals surface area contributed by atoms with Crippen LogP contribution >= 0.6 is 0 Å². The molecule has 0 heterocycles. The van der Waals surface area contributed by atoms with E-state index in [1.54, 1.807) is 6.07 Å². The number of nitro groups is 1. The lowest BCUT2D eigenvalue weighted by Gasteiger charge is -2.09. The van der Waals surface area contributed by atoms with E-state index in [-0.39, 0.29) is 5.69 Å². The Hall–Kier alpha value is -3.02. The van der Waals surface area contributed by atoms with Gasteiger partial charge in [0.2, 0.25) is 11.7 Å². The number of halogens is 1. The van der Waals surface area contributed by atoms with Crippen molar-refractivity contribution in [2.75, 3.05) is 12.4 Å². The summed E-state index contributed by atoms with van der Waals surface area (Å²) in [7, 11) is 0.960. The molecule has 1 aromatic carbocycles. The van der Waals surface area contributed by atoms with Gasteiger partial charge in [-0.15, -0.1) is 0 Å². The number of amides is 1. The van der Waals surface area contributed by atoms with Crippen molar-refractivity contribution in [2.45, 2.75) is 6.42 Å². The number of esters is 1. The van der Waals surface area contributed by atoms with Crippen molar-refractivity contribution in [1.82, 2.24) is 0 Å². The van der Waals surface area contributed by atoms with Crippen molar-refractivity contribution in [2.24, 2.45) is 0 Å². The van der Waals surface area contributed by atoms with Gasteiger partial charge >= 0.3 is 11.7 Å². The minimum absolute atomic E-state index is 0.305. The molecule has 0 bridgehead atoms. The lowest BCUT2D eigenvalue weighted by atomic mass is 10.1. The Labute approximate surface area is 111 Å². The minimum atomic E-state index is -1.42. The third-order valence-electron chi connectivity index (χ3n) is 2.22. The highest BCUT2D eigenvalue weighted by Crippen LogP contribution is 2.28. The van der Waals surface area contributed by atoms with Crippen molar-refractivity contribution in [3.8, 4) is 6.07 Å². The molecule has 0 aliphatic rings. The Balaban J connectivity index is 3.35. The van der Waals surface area contributed by atoms with E-state index in [1.165, 1.54) is 0 Å². The zero-order valence-corrected chi connectivity index (χ0v) is 10.2. The number of rotatable bonds is 4. The number of nitrogens with zero attached hydrogens (tertiary/aromatic N) is 2. The third kappa shape index (κ3) is 3.05. The van der Waals surface area contributed by atoms with Crippen LogP contribution < -0.4 is 5.32 Å². The molecular formula is C11H8FN3O5. The summed E-state index contributed by atoms with van der Waals surface area (Å²) in [6.45, 7) is 0. The van der Waals surface area contributed by atoms with Gasteiger partial charge in [-0.3, -0.25) is 14.9 Å². The molecular weight excluding hydrogens is 273 g/mol. The molecule has 9 heteroatoms. The predicted octanol–water partition coefficient (Wildman–Crippen LogP) is 1.37. The molecule has 0 fully saturated rings. The number of methoxy groups -OCH3 is 1. The molecule has 1 aromatic rings. The number of nitro benzene ring substituents is 1. The van der Waals surface area contributed by atoms with E-state index in [1.807, 2.05) is 0 Å². The molecule has 1 N–H and O–H groups in total. The maximum atomic E-state index is 13.9. The first-order valence-electron chi connectivity index (χ1n) is 5.14. The highest BCUT2D eigenvalue weighted by atomic mass is 19.1. The number of anilines is 1. The Morgan fingerprint density at radius 3 is 2.70 bits per heavy atom. The average molecular weight is 281 g/mol. The number of nitriles is 1. The molecule has 0 aliphatic heterocycles. The Morgan fingerprint density at radius 1 is 1.55 bits per heavy atom. The van der Waals surface area contributed by atoms with Crippen LogP contribution in [0.25, 0.3) is 0 Å². The van der Waals surface area contributed by atoms with Crippen LogP contribution in [0.1, 0.15) is 16.8 Å². The van der Waals surface area contributed by atoms with Crippen molar-refractivity contribution < 1.29 is 23.6 Å². The van der Waals surface area contributed by atoms with Crippen LogP contribution in [0.5, 0.6) is 0 Å². The van der Waals surface area contributed by atoms with E-state index in [2.05, 4.69) is 10.1 Å². The molecule has 20 heavy (non-hydrogen) atoms. The molecule has 0 unspecified atom stereocenters. The van der Waals surface area contributed by atoms with Crippen molar-refractivity contribution in [3.63, 3.8) is 0 Å². The van der Waals surface area contributed by atoms with Gasteiger partial charge in [0, 0.05) is 6.07 Å².